The molecule has 0 aliphatic rings. The Morgan fingerprint density at radius 3 is 2.31 bits per heavy atom. The van der Waals surface area contributed by atoms with Gasteiger partial charge in [-0.15, -0.1) is 0 Å². The third-order valence-electron chi connectivity index (χ3n) is 1.93. The molecule has 2 rings (SSSR count). The predicted molar refractivity (Wildman–Crippen MR) is 61.6 cm³/mol. The van der Waals surface area contributed by atoms with Crippen LogP contribution in [0.1, 0.15) is 0 Å². The van der Waals surface area contributed by atoms with Crippen molar-refractivity contribution in [2.24, 2.45) is 0 Å². The Hall–Kier alpha value is -1.04. The molecule has 0 N–H and O–H groups in total. The average molecular weight is 277 g/mol. The van der Waals surface area contributed by atoms with Crippen molar-refractivity contribution in [3.05, 3.63) is 41.7 Å². The van der Waals surface area contributed by atoms with Crippen LogP contribution in [0.25, 0.3) is 5.69 Å². The minimum atomic E-state index is -3.74. The fourth-order valence-electron chi connectivity index (χ4n) is 1.17. The zero-order valence-electron chi connectivity index (χ0n) is 7.84. The predicted octanol–water partition coefficient (Wildman–Crippen LogP) is 2.45. The molecular weight excluding hydrogens is 271 g/mol. The molecule has 0 saturated carbocycles. The van der Waals surface area contributed by atoms with Gasteiger partial charge in [-0.2, -0.15) is 5.10 Å². The van der Waals surface area contributed by atoms with Crippen LogP contribution in [0.4, 0.5) is 0 Å². The van der Waals surface area contributed by atoms with Crippen LogP contribution in [0.3, 0.4) is 0 Å². The highest BCUT2D eigenvalue weighted by Crippen LogP contribution is 2.17. The lowest BCUT2D eigenvalue weighted by molar-refractivity contribution is 0.609. The van der Waals surface area contributed by atoms with Gasteiger partial charge in [0.25, 0.3) is 9.05 Å². The van der Waals surface area contributed by atoms with Gasteiger partial charge >= 0.3 is 0 Å². The number of nitrogens with zero attached hydrogens (tertiary/aromatic N) is 2. The van der Waals surface area contributed by atoms with Crippen LogP contribution in [-0.4, -0.2) is 18.2 Å². The summed E-state index contributed by atoms with van der Waals surface area (Å²) in [4.78, 5) is -0.0379. The normalized spacial score (nSPS) is 11.6. The molecule has 0 aliphatic carbocycles. The summed E-state index contributed by atoms with van der Waals surface area (Å²) in [6, 6.07) is 6.82. The van der Waals surface area contributed by atoms with Gasteiger partial charge in [0, 0.05) is 15.7 Å². The topological polar surface area (TPSA) is 52.0 Å². The van der Waals surface area contributed by atoms with Gasteiger partial charge in [0.05, 0.1) is 18.1 Å². The van der Waals surface area contributed by atoms with Crippen molar-refractivity contribution >= 4 is 31.3 Å². The summed E-state index contributed by atoms with van der Waals surface area (Å²) in [6.45, 7) is 0. The Balaban J connectivity index is 2.43. The second kappa shape index (κ2) is 4.08. The highest BCUT2D eigenvalue weighted by atomic mass is 35.7. The second-order valence-electron chi connectivity index (χ2n) is 3.03. The molecule has 0 radical (unpaired) electrons. The molecule has 84 valence electrons. The Morgan fingerprint density at radius 1 is 1.19 bits per heavy atom. The summed E-state index contributed by atoms with van der Waals surface area (Å²) in [5, 5.41) is 4.49. The van der Waals surface area contributed by atoms with Crippen molar-refractivity contribution in [2.75, 3.05) is 0 Å². The maximum atomic E-state index is 11.0. The number of aromatic nitrogens is 2. The van der Waals surface area contributed by atoms with E-state index in [4.69, 9.17) is 22.3 Å². The molecule has 0 atom stereocenters. The van der Waals surface area contributed by atoms with E-state index in [9.17, 15) is 8.42 Å². The third-order valence-corrected chi connectivity index (χ3v) is 3.49. The van der Waals surface area contributed by atoms with Crippen LogP contribution in [0.2, 0.25) is 5.02 Å². The first-order chi connectivity index (χ1) is 7.47. The van der Waals surface area contributed by atoms with E-state index in [1.54, 1.807) is 24.3 Å². The molecule has 0 saturated heterocycles. The molecule has 0 fully saturated rings. The van der Waals surface area contributed by atoms with Gasteiger partial charge < -0.3 is 0 Å². The maximum Gasteiger partial charge on any atom is 0.264 e. The fraction of sp³-hybridized carbons (Fsp3) is 0. The van der Waals surface area contributed by atoms with Crippen LogP contribution in [0.15, 0.2) is 41.6 Å². The van der Waals surface area contributed by atoms with E-state index in [0.717, 1.165) is 0 Å². The summed E-state index contributed by atoms with van der Waals surface area (Å²) < 4.78 is 23.5. The highest BCUT2D eigenvalue weighted by Gasteiger charge is 2.12. The Morgan fingerprint density at radius 2 is 1.81 bits per heavy atom. The molecule has 7 heteroatoms. The highest BCUT2D eigenvalue weighted by molar-refractivity contribution is 8.13. The quantitative estimate of drug-likeness (QED) is 0.792. The van der Waals surface area contributed by atoms with Crippen LogP contribution < -0.4 is 0 Å². The summed E-state index contributed by atoms with van der Waals surface area (Å²) >= 11 is 5.73. The molecule has 0 spiro atoms. The fourth-order valence-corrected chi connectivity index (χ4v) is 1.93. The van der Waals surface area contributed by atoms with Crippen molar-refractivity contribution in [2.45, 2.75) is 4.90 Å². The van der Waals surface area contributed by atoms with E-state index in [2.05, 4.69) is 5.10 Å². The number of hydrogen-bond donors (Lipinski definition) is 0. The number of benzene rings is 1. The lowest BCUT2D eigenvalue weighted by atomic mass is 10.3. The number of rotatable bonds is 2. The van der Waals surface area contributed by atoms with Crippen LogP contribution in [-0.2, 0) is 9.05 Å². The van der Waals surface area contributed by atoms with Crippen molar-refractivity contribution in [1.82, 2.24) is 9.78 Å². The molecule has 2 aromatic rings. The van der Waals surface area contributed by atoms with E-state index in [-0.39, 0.29) is 4.90 Å². The zero-order valence-corrected chi connectivity index (χ0v) is 10.2. The Kier molecular flexibility index (Phi) is 2.92. The zero-order chi connectivity index (χ0) is 11.8. The van der Waals surface area contributed by atoms with Gasteiger partial charge in [0.1, 0.15) is 4.90 Å². The second-order valence-corrected chi connectivity index (χ2v) is 6.04. The van der Waals surface area contributed by atoms with Gasteiger partial charge in [0.2, 0.25) is 0 Å². The summed E-state index contributed by atoms with van der Waals surface area (Å²) in [5.41, 5.74) is 0.705. The first-order valence-electron chi connectivity index (χ1n) is 4.22. The molecule has 0 amide bonds. The molecule has 1 heterocycles. The molecule has 16 heavy (non-hydrogen) atoms. The van der Waals surface area contributed by atoms with Crippen molar-refractivity contribution in [1.29, 1.82) is 0 Å². The largest absolute Gasteiger partial charge is 0.264 e. The van der Waals surface area contributed by atoms with E-state index in [1.165, 1.54) is 17.1 Å². The van der Waals surface area contributed by atoms with Crippen LogP contribution in [0, 0.1) is 0 Å². The van der Waals surface area contributed by atoms with Crippen molar-refractivity contribution < 1.29 is 8.42 Å². The van der Waals surface area contributed by atoms with Crippen molar-refractivity contribution in [3.63, 3.8) is 0 Å². The van der Waals surface area contributed by atoms with Gasteiger partial charge in [-0.3, -0.25) is 0 Å². The molecule has 0 aliphatic heterocycles. The molecule has 1 aromatic heterocycles. The SMILES string of the molecule is O=S(=O)(Cl)c1cnn(-c2ccc(Cl)cc2)c1. The summed E-state index contributed by atoms with van der Waals surface area (Å²) in [7, 11) is 1.45. The monoisotopic (exact) mass is 276 g/mol. The van der Waals surface area contributed by atoms with E-state index in [0.29, 0.717) is 10.7 Å². The van der Waals surface area contributed by atoms with Gasteiger partial charge in [-0.25, -0.2) is 13.1 Å². The van der Waals surface area contributed by atoms with Crippen LogP contribution in [0.5, 0.6) is 0 Å². The van der Waals surface area contributed by atoms with Gasteiger partial charge in [0.15, 0.2) is 0 Å². The lowest BCUT2D eigenvalue weighted by Gasteiger charge is -1.99. The van der Waals surface area contributed by atoms with Crippen molar-refractivity contribution in [3.8, 4) is 5.69 Å². The average Bonchev–Trinajstić information content (AvgIpc) is 2.67. The molecule has 1 aromatic carbocycles. The summed E-state index contributed by atoms with van der Waals surface area (Å²) in [6.07, 6.45) is 2.53. The Labute approximate surface area is 102 Å². The van der Waals surface area contributed by atoms with Crippen LogP contribution >= 0.6 is 22.3 Å². The smallest absolute Gasteiger partial charge is 0.240 e. The minimum absolute atomic E-state index is 0.0379. The first-order valence-corrected chi connectivity index (χ1v) is 6.91. The third kappa shape index (κ3) is 2.37. The molecule has 0 unspecified atom stereocenters. The lowest BCUT2D eigenvalue weighted by Crippen LogP contribution is -1.93. The maximum absolute atomic E-state index is 11.0. The minimum Gasteiger partial charge on any atom is -0.240 e. The Bertz CT molecular complexity index is 605. The standard InChI is InChI=1S/C9H6Cl2N2O2S/c10-7-1-3-8(4-2-7)13-6-9(5-12-13)16(11,14)15/h1-6H. The van der Waals surface area contributed by atoms with Gasteiger partial charge in [-0.05, 0) is 24.3 Å². The van der Waals surface area contributed by atoms with E-state index < -0.39 is 9.05 Å². The molecular formula is C9H6Cl2N2O2S. The molecule has 4 nitrogen and oxygen atoms in total. The molecule has 0 bridgehead atoms. The van der Waals surface area contributed by atoms with E-state index >= 15 is 0 Å². The first kappa shape index (κ1) is 11.4. The van der Waals surface area contributed by atoms with E-state index in [1.807, 2.05) is 0 Å². The number of halogens is 2. The summed E-state index contributed by atoms with van der Waals surface area (Å²) in [5.74, 6) is 0. The van der Waals surface area contributed by atoms with Gasteiger partial charge in [-0.1, -0.05) is 11.6 Å². The number of hydrogen-bond acceptors (Lipinski definition) is 3.